The van der Waals surface area contributed by atoms with Gasteiger partial charge in [0.25, 0.3) is 0 Å². The van der Waals surface area contributed by atoms with Crippen molar-refractivity contribution in [2.24, 2.45) is 5.92 Å². The normalized spacial score (nSPS) is 16.9. The van der Waals surface area contributed by atoms with Gasteiger partial charge in [0.1, 0.15) is 0 Å². The van der Waals surface area contributed by atoms with E-state index in [-0.39, 0.29) is 0 Å². The Bertz CT molecular complexity index is 224. The van der Waals surface area contributed by atoms with Gasteiger partial charge in [0, 0.05) is 0 Å². The predicted octanol–water partition coefficient (Wildman–Crippen LogP) is 2.60. The van der Waals surface area contributed by atoms with Gasteiger partial charge in [-0.05, 0) is 18.1 Å². The lowest BCUT2D eigenvalue weighted by molar-refractivity contribution is 0.0778. The minimum absolute atomic E-state index is 0.305. The summed E-state index contributed by atoms with van der Waals surface area (Å²) in [6.45, 7) is 8.15. The largest absolute Gasteiger partial charge is 0.454 e. The molecule has 0 radical (unpaired) electrons. The summed E-state index contributed by atoms with van der Waals surface area (Å²) in [5.41, 5.74) is 0. The molecule has 66 valence electrons. The number of rotatable bonds is 3. The highest BCUT2D eigenvalue weighted by Crippen LogP contribution is 2.18. The first-order valence-electron chi connectivity index (χ1n) is 4.04. The fourth-order valence-electron chi connectivity index (χ4n) is 0.868. The van der Waals surface area contributed by atoms with Crippen molar-refractivity contribution in [2.75, 3.05) is 6.79 Å². The minimum atomic E-state index is 0.305. The summed E-state index contributed by atoms with van der Waals surface area (Å²) in [5.74, 6) is 2.03. The minimum Gasteiger partial charge on any atom is -0.454 e. The summed E-state index contributed by atoms with van der Waals surface area (Å²) < 4.78 is 10.3. The van der Waals surface area contributed by atoms with Crippen LogP contribution in [0.1, 0.15) is 13.8 Å². The standard InChI is InChI=1S/C10H14O2/c1-4-9-10(12-7-11-9)6-5-8(2)3/h4-6,8H,1,7H2,2-3H3/b6-5-. The van der Waals surface area contributed by atoms with E-state index in [0.29, 0.717) is 12.7 Å². The molecular weight excluding hydrogens is 152 g/mol. The van der Waals surface area contributed by atoms with Crippen molar-refractivity contribution in [1.29, 1.82) is 0 Å². The molecule has 0 N–H and O–H groups in total. The average molecular weight is 166 g/mol. The van der Waals surface area contributed by atoms with Gasteiger partial charge >= 0.3 is 0 Å². The number of ether oxygens (including phenoxy) is 2. The molecular formula is C10H14O2. The molecule has 0 saturated carbocycles. The highest BCUT2D eigenvalue weighted by molar-refractivity contribution is 5.25. The van der Waals surface area contributed by atoms with E-state index in [0.717, 1.165) is 11.5 Å². The molecule has 0 atom stereocenters. The van der Waals surface area contributed by atoms with Crippen LogP contribution in [0.3, 0.4) is 0 Å². The van der Waals surface area contributed by atoms with Crippen LogP contribution in [0.2, 0.25) is 0 Å². The third-order valence-corrected chi connectivity index (χ3v) is 1.49. The fraction of sp³-hybridized carbons (Fsp3) is 0.400. The summed E-state index contributed by atoms with van der Waals surface area (Å²) in [7, 11) is 0. The first-order valence-corrected chi connectivity index (χ1v) is 4.04. The summed E-state index contributed by atoms with van der Waals surface area (Å²) in [6, 6.07) is 0. The van der Waals surface area contributed by atoms with Gasteiger partial charge in [-0.15, -0.1) is 0 Å². The quantitative estimate of drug-likeness (QED) is 0.641. The van der Waals surface area contributed by atoms with Crippen LogP contribution in [0.25, 0.3) is 0 Å². The van der Waals surface area contributed by atoms with Crippen LogP contribution in [0.5, 0.6) is 0 Å². The number of allylic oxidation sites excluding steroid dienone is 3. The second-order valence-electron chi connectivity index (χ2n) is 2.94. The Kier molecular flexibility index (Phi) is 2.97. The number of hydrogen-bond acceptors (Lipinski definition) is 2. The molecule has 0 fully saturated rings. The molecule has 0 bridgehead atoms. The van der Waals surface area contributed by atoms with E-state index >= 15 is 0 Å². The Morgan fingerprint density at radius 3 is 2.58 bits per heavy atom. The van der Waals surface area contributed by atoms with Crippen LogP contribution in [0.15, 0.2) is 36.3 Å². The van der Waals surface area contributed by atoms with Gasteiger partial charge < -0.3 is 9.47 Å². The van der Waals surface area contributed by atoms with E-state index in [9.17, 15) is 0 Å². The molecule has 2 heteroatoms. The van der Waals surface area contributed by atoms with Crippen LogP contribution in [-0.2, 0) is 9.47 Å². The molecule has 0 aromatic carbocycles. The lowest BCUT2D eigenvalue weighted by Gasteiger charge is -1.95. The molecule has 1 rings (SSSR count). The Morgan fingerprint density at radius 2 is 2.00 bits per heavy atom. The van der Waals surface area contributed by atoms with Gasteiger partial charge in [-0.25, -0.2) is 0 Å². The molecule has 0 saturated heterocycles. The fourth-order valence-corrected chi connectivity index (χ4v) is 0.868. The Morgan fingerprint density at radius 1 is 1.33 bits per heavy atom. The molecule has 1 aliphatic rings. The van der Waals surface area contributed by atoms with Gasteiger partial charge in [-0.3, -0.25) is 0 Å². The van der Waals surface area contributed by atoms with Crippen LogP contribution >= 0.6 is 0 Å². The van der Waals surface area contributed by atoms with Crippen molar-refractivity contribution in [1.82, 2.24) is 0 Å². The van der Waals surface area contributed by atoms with Crippen LogP contribution in [-0.4, -0.2) is 6.79 Å². The molecule has 12 heavy (non-hydrogen) atoms. The smallest absolute Gasteiger partial charge is 0.231 e. The van der Waals surface area contributed by atoms with Gasteiger partial charge in [-0.1, -0.05) is 26.5 Å². The van der Waals surface area contributed by atoms with E-state index in [1.165, 1.54) is 0 Å². The molecule has 0 aliphatic carbocycles. The molecule has 0 aromatic heterocycles. The van der Waals surface area contributed by atoms with Crippen LogP contribution in [0.4, 0.5) is 0 Å². The predicted molar refractivity (Wildman–Crippen MR) is 48.2 cm³/mol. The zero-order valence-corrected chi connectivity index (χ0v) is 7.54. The highest BCUT2D eigenvalue weighted by atomic mass is 16.7. The molecule has 0 amide bonds. The average Bonchev–Trinajstić information content (AvgIpc) is 2.47. The molecule has 0 spiro atoms. The van der Waals surface area contributed by atoms with Gasteiger partial charge in [-0.2, -0.15) is 0 Å². The lowest BCUT2D eigenvalue weighted by atomic mass is 10.2. The molecule has 2 nitrogen and oxygen atoms in total. The third-order valence-electron chi connectivity index (χ3n) is 1.49. The molecule has 1 heterocycles. The third kappa shape index (κ3) is 2.16. The summed E-state index contributed by atoms with van der Waals surface area (Å²) in [6.07, 6.45) is 5.65. The van der Waals surface area contributed by atoms with Crippen LogP contribution in [0, 0.1) is 5.92 Å². The maximum atomic E-state index is 5.21. The summed E-state index contributed by atoms with van der Waals surface area (Å²) in [4.78, 5) is 0. The van der Waals surface area contributed by atoms with Gasteiger partial charge in [0.05, 0.1) is 0 Å². The zero-order valence-electron chi connectivity index (χ0n) is 7.54. The zero-order chi connectivity index (χ0) is 8.97. The Labute approximate surface area is 73.2 Å². The number of hydrogen-bond donors (Lipinski definition) is 0. The lowest BCUT2D eigenvalue weighted by Crippen LogP contribution is -1.83. The van der Waals surface area contributed by atoms with Crippen molar-refractivity contribution < 1.29 is 9.47 Å². The van der Waals surface area contributed by atoms with Crippen LogP contribution < -0.4 is 0 Å². The second-order valence-corrected chi connectivity index (χ2v) is 2.94. The van der Waals surface area contributed by atoms with Gasteiger partial charge in [0.2, 0.25) is 6.79 Å². The van der Waals surface area contributed by atoms with Crippen molar-refractivity contribution in [3.8, 4) is 0 Å². The van der Waals surface area contributed by atoms with Gasteiger partial charge in [0.15, 0.2) is 11.5 Å². The topological polar surface area (TPSA) is 18.5 Å². The van der Waals surface area contributed by atoms with Crippen molar-refractivity contribution in [3.05, 3.63) is 36.3 Å². The molecule has 1 aliphatic heterocycles. The Balaban J connectivity index is 2.66. The summed E-state index contributed by atoms with van der Waals surface area (Å²) in [5, 5.41) is 0. The Hall–Kier alpha value is -1.18. The van der Waals surface area contributed by atoms with E-state index in [4.69, 9.17) is 9.47 Å². The monoisotopic (exact) mass is 166 g/mol. The molecule has 0 aromatic rings. The second kappa shape index (κ2) is 4.00. The molecule has 0 unspecified atom stereocenters. The first-order chi connectivity index (χ1) is 5.74. The summed E-state index contributed by atoms with van der Waals surface area (Å²) >= 11 is 0. The van der Waals surface area contributed by atoms with E-state index in [2.05, 4.69) is 26.5 Å². The van der Waals surface area contributed by atoms with Crippen molar-refractivity contribution >= 4 is 0 Å². The van der Waals surface area contributed by atoms with E-state index in [1.807, 2.05) is 6.08 Å². The highest BCUT2D eigenvalue weighted by Gasteiger charge is 2.10. The SMILES string of the molecule is C=CC1=C(/C=C\C(C)C)OCO1. The maximum absolute atomic E-state index is 5.21. The van der Waals surface area contributed by atoms with E-state index < -0.39 is 0 Å². The van der Waals surface area contributed by atoms with Crippen molar-refractivity contribution in [2.45, 2.75) is 13.8 Å². The first kappa shape index (κ1) is 8.91. The van der Waals surface area contributed by atoms with Crippen molar-refractivity contribution in [3.63, 3.8) is 0 Å². The maximum Gasteiger partial charge on any atom is 0.231 e. The van der Waals surface area contributed by atoms with E-state index in [1.54, 1.807) is 6.08 Å².